The van der Waals surface area contributed by atoms with Crippen molar-refractivity contribution in [2.24, 2.45) is 5.41 Å². The van der Waals surface area contributed by atoms with Crippen LogP contribution in [0.3, 0.4) is 0 Å². The first kappa shape index (κ1) is 14.2. The topological polar surface area (TPSA) is 66.8 Å². The number of carboxylic acid groups (broad SMARTS) is 1. The van der Waals surface area contributed by atoms with Crippen LogP contribution in [0.5, 0.6) is 0 Å². The highest BCUT2D eigenvalue weighted by Crippen LogP contribution is 2.53. The van der Waals surface area contributed by atoms with E-state index in [0.717, 1.165) is 19.3 Å². The zero-order valence-electron chi connectivity index (χ0n) is 11.9. The van der Waals surface area contributed by atoms with E-state index in [9.17, 15) is 14.7 Å². The number of amides is 1. The van der Waals surface area contributed by atoms with Crippen LogP contribution in [0.15, 0.2) is 0 Å². The molecule has 0 aromatic heterocycles. The molecule has 108 valence electrons. The number of rotatable bonds is 2. The summed E-state index contributed by atoms with van der Waals surface area (Å²) in [5.41, 5.74) is -1.25. The van der Waals surface area contributed by atoms with Gasteiger partial charge in [-0.05, 0) is 52.9 Å². The van der Waals surface area contributed by atoms with Gasteiger partial charge in [-0.1, -0.05) is 0 Å². The minimum Gasteiger partial charge on any atom is -0.481 e. The Bertz CT molecular complexity index is 381. The van der Waals surface area contributed by atoms with E-state index < -0.39 is 17.0 Å². The fourth-order valence-electron chi connectivity index (χ4n) is 2.87. The Labute approximate surface area is 113 Å². The van der Waals surface area contributed by atoms with Crippen LogP contribution in [0.25, 0.3) is 0 Å². The number of hydrogen-bond acceptors (Lipinski definition) is 3. The molecule has 0 aromatic carbocycles. The van der Waals surface area contributed by atoms with Gasteiger partial charge in [0.15, 0.2) is 0 Å². The van der Waals surface area contributed by atoms with Gasteiger partial charge in [-0.25, -0.2) is 4.79 Å². The maximum atomic E-state index is 12.2. The molecule has 1 heterocycles. The van der Waals surface area contributed by atoms with Crippen LogP contribution in [0.4, 0.5) is 4.79 Å². The number of nitrogens with zero attached hydrogens (tertiary/aromatic N) is 1. The van der Waals surface area contributed by atoms with Crippen LogP contribution < -0.4 is 0 Å². The molecule has 2 fully saturated rings. The van der Waals surface area contributed by atoms with Crippen molar-refractivity contribution >= 4 is 12.1 Å². The summed E-state index contributed by atoms with van der Waals surface area (Å²) in [7, 11) is 0. The Morgan fingerprint density at radius 1 is 1.26 bits per heavy atom. The molecule has 0 unspecified atom stereocenters. The molecular formula is C14H23NO4. The highest BCUT2D eigenvalue weighted by Gasteiger charge is 2.59. The quantitative estimate of drug-likeness (QED) is 0.836. The van der Waals surface area contributed by atoms with E-state index in [1.54, 1.807) is 4.90 Å². The van der Waals surface area contributed by atoms with Crippen molar-refractivity contribution in [3.8, 4) is 0 Å². The van der Waals surface area contributed by atoms with Crippen molar-refractivity contribution < 1.29 is 19.4 Å². The molecule has 1 aliphatic heterocycles. The van der Waals surface area contributed by atoms with E-state index in [4.69, 9.17) is 4.74 Å². The first-order valence-corrected chi connectivity index (χ1v) is 6.99. The van der Waals surface area contributed by atoms with Crippen molar-refractivity contribution in [2.75, 3.05) is 6.54 Å². The lowest BCUT2D eigenvalue weighted by molar-refractivity contribution is -0.146. The normalized spacial score (nSPS) is 25.8. The van der Waals surface area contributed by atoms with Crippen molar-refractivity contribution in [1.29, 1.82) is 0 Å². The van der Waals surface area contributed by atoms with Crippen LogP contribution >= 0.6 is 0 Å². The summed E-state index contributed by atoms with van der Waals surface area (Å²) in [5, 5.41) is 9.41. The van der Waals surface area contributed by atoms with Gasteiger partial charge >= 0.3 is 12.1 Å². The van der Waals surface area contributed by atoms with Gasteiger partial charge in [0.2, 0.25) is 0 Å². The summed E-state index contributed by atoms with van der Waals surface area (Å²) >= 11 is 0. The minimum atomic E-state index is -0.770. The molecule has 0 bridgehead atoms. The lowest BCUT2D eigenvalue weighted by Crippen LogP contribution is -2.52. The average Bonchev–Trinajstić information content (AvgIpc) is 3.07. The molecule has 1 atom stereocenters. The summed E-state index contributed by atoms with van der Waals surface area (Å²) in [6, 6.07) is -0.200. The molecular weight excluding hydrogens is 246 g/mol. The summed E-state index contributed by atoms with van der Waals surface area (Å²) in [6.45, 7) is 6.09. The third kappa shape index (κ3) is 2.85. The van der Waals surface area contributed by atoms with Gasteiger partial charge in [-0.15, -0.1) is 0 Å². The second-order valence-electron chi connectivity index (χ2n) is 6.65. The van der Waals surface area contributed by atoms with Crippen molar-refractivity contribution in [1.82, 2.24) is 4.90 Å². The highest BCUT2D eigenvalue weighted by atomic mass is 16.6. The molecule has 5 nitrogen and oxygen atoms in total. The number of likely N-dealkylation sites (tertiary alicyclic amines) is 1. The maximum absolute atomic E-state index is 12.2. The van der Waals surface area contributed by atoms with Crippen LogP contribution in [-0.2, 0) is 9.53 Å². The predicted octanol–water partition coefficient (Wildman–Crippen LogP) is 2.64. The van der Waals surface area contributed by atoms with Crippen LogP contribution in [0.2, 0.25) is 0 Å². The van der Waals surface area contributed by atoms with Gasteiger partial charge in [-0.3, -0.25) is 4.79 Å². The molecule has 19 heavy (non-hydrogen) atoms. The summed E-state index contributed by atoms with van der Waals surface area (Å²) in [5.74, 6) is -0.770. The largest absolute Gasteiger partial charge is 0.481 e. The van der Waals surface area contributed by atoms with E-state index in [-0.39, 0.29) is 12.1 Å². The zero-order valence-corrected chi connectivity index (χ0v) is 11.9. The molecule has 1 saturated carbocycles. The number of carbonyl (C=O) groups excluding carboxylic acids is 1. The lowest BCUT2D eigenvalue weighted by atomic mass is 9.88. The Balaban J connectivity index is 2.13. The molecule has 1 saturated heterocycles. The lowest BCUT2D eigenvalue weighted by Gasteiger charge is -2.39. The Kier molecular flexibility index (Phi) is 3.49. The van der Waals surface area contributed by atoms with Crippen molar-refractivity contribution in [2.45, 2.75) is 64.5 Å². The first-order valence-electron chi connectivity index (χ1n) is 6.99. The summed E-state index contributed by atoms with van der Waals surface area (Å²) in [4.78, 5) is 25.3. The predicted molar refractivity (Wildman–Crippen MR) is 69.9 cm³/mol. The molecule has 0 spiro atoms. The number of piperidine rings is 1. The van der Waals surface area contributed by atoms with Gasteiger partial charge in [0.25, 0.3) is 0 Å². The monoisotopic (exact) mass is 269 g/mol. The molecule has 5 heteroatoms. The van der Waals surface area contributed by atoms with E-state index in [1.807, 2.05) is 20.8 Å². The smallest absolute Gasteiger partial charge is 0.410 e. The zero-order chi connectivity index (χ0) is 14.3. The van der Waals surface area contributed by atoms with Gasteiger partial charge in [-0.2, -0.15) is 0 Å². The Morgan fingerprint density at radius 3 is 2.37 bits per heavy atom. The fraction of sp³-hybridized carbons (Fsp3) is 0.857. The van der Waals surface area contributed by atoms with E-state index in [2.05, 4.69) is 0 Å². The van der Waals surface area contributed by atoms with Gasteiger partial charge in [0.1, 0.15) is 5.60 Å². The van der Waals surface area contributed by atoms with Gasteiger partial charge < -0.3 is 14.7 Å². The summed E-state index contributed by atoms with van der Waals surface area (Å²) in [6.07, 6.45) is 3.65. The Morgan fingerprint density at radius 2 is 1.89 bits per heavy atom. The number of aliphatic carboxylic acids is 1. The molecule has 1 aliphatic carbocycles. The van der Waals surface area contributed by atoms with Gasteiger partial charge in [0, 0.05) is 6.54 Å². The summed E-state index contributed by atoms with van der Waals surface area (Å²) < 4.78 is 5.40. The molecule has 2 rings (SSSR count). The minimum absolute atomic E-state index is 0.200. The molecule has 2 aliphatic rings. The third-order valence-electron chi connectivity index (χ3n) is 3.98. The van der Waals surface area contributed by atoms with Gasteiger partial charge in [0.05, 0.1) is 11.5 Å². The first-order chi connectivity index (χ1) is 8.76. The second-order valence-corrected chi connectivity index (χ2v) is 6.65. The standard InChI is InChI=1S/C14H23NO4/c1-13(2,3)19-12(18)15-9-5-4-6-10(15)14(7-8-14)11(16)17/h10H,4-9H2,1-3H3,(H,16,17)/t10-/m0/s1. The SMILES string of the molecule is CC(C)(C)OC(=O)N1CCCC[C@H]1C1(C(=O)O)CC1. The number of carboxylic acids is 1. The number of carbonyl (C=O) groups is 2. The fourth-order valence-corrected chi connectivity index (χ4v) is 2.87. The second kappa shape index (κ2) is 4.69. The van der Waals surface area contributed by atoms with E-state index in [0.29, 0.717) is 19.4 Å². The van der Waals surface area contributed by atoms with Crippen molar-refractivity contribution in [3.05, 3.63) is 0 Å². The van der Waals surface area contributed by atoms with E-state index in [1.165, 1.54) is 0 Å². The maximum Gasteiger partial charge on any atom is 0.410 e. The molecule has 1 amide bonds. The Hall–Kier alpha value is -1.26. The average molecular weight is 269 g/mol. The number of ether oxygens (including phenoxy) is 1. The van der Waals surface area contributed by atoms with Crippen LogP contribution in [-0.4, -0.2) is 40.3 Å². The molecule has 1 N–H and O–H groups in total. The third-order valence-corrected chi connectivity index (χ3v) is 3.98. The van der Waals surface area contributed by atoms with E-state index >= 15 is 0 Å². The number of hydrogen-bond donors (Lipinski definition) is 1. The van der Waals surface area contributed by atoms with Crippen LogP contribution in [0.1, 0.15) is 52.9 Å². The molecule has 0 aromatic rings. The van der Waals surface area contributed by atoms with Crippen LogP contribution in [0, 0.1) is 5.41 Å². The van der Waals surface area contributed by atoms with Crippen molar-refractivity contribution in [3.63, 3.8) is 0 Å². The highest BCUT2D eigenvalue weighted by molar-refractivity contribution is 5.80. The molecule has 0 radical (unpaired) electrons.